The first-order valence-corrected chi connectivity index (χ1v) is 7.22. The minimum absolute atomic E-state index is 0.238. The molecule has 0 fully saturated rings. The number of ether oxygens (including phenoxy) is 4. The molecule has 0 atom stereocenters. The second-order valence-electron chi connectivity index (χ2n) is 4.83. The molecule has 26 heavy (non-hydrogen) atoms. The Morgan fingerprint density at radius 1 is 1.00 bits per heavy atom. The SMILES string of the molecule is COC(=O)C=C(C(=O)OC)C(C(=O)OC)=C1Nc2ccccc2OC1=O. The molecule has 1 aromatic carbocycles. The number of hydrogen-bond donors (Lipinski definition) is 1. The lowest BCUT2D eigenvalue weighted by Gasteiger charge is -2.22. The third kappa shape index (κ3) is 3.72. The monoisotopic (exact) mass is 361 g/mol. The van der Waals surface area contributed by atoms with E-state index < -0.39 is 35.0 Å². The van der Waals surface area contributed by atoms with Gasteiger partial charge in [0.1, 0.15) is 11.3 Å². The second-order valence-corrected chi connectivity index (χ2v) is 4.83. The Morgan fingerprint density at radius 3 is 2.27 bits per heavy atom. The van der Waals surface area contributed by atoms with Crippen LogP contribution in [0, 0.1) is 0 Å². The topological polar surface area (TPSA) is 117 Å². The van der Waals surface area contributed by atoms with Crippen molar-refractivity contribution < 1.29 is 38.1 Å². The van der Waals surface area contributed by atoms with Crippen molar-refractivity contribution in [2.75, 3.05) is 26.6 Å². The van der Waals surface area contributed by atoms with Gasteiger partial charge >= 0.3 is 23.9 Å². The van der Waals surface area contributed by atoms with Gasteiger partial charge in [-0.15, -0.1) is 0 Å². The van der Waals surface area contributed by atoms with Crippen LogP contribution in [0.1, 0.15) is 0 Å². The molecule has 1 aromatic rings. The van der Waals surface area contributed by atoms with Gasteiger partial charge in [-0.05, 0) is 12.1 Å². The summed E-state index contributed by atoms with van der Waals surface area (Å²) in [5.41, 5.74) is -1.05. The first kappa shape index (κ1) is 18.7. The van der Waals surface area contributed by atoms with E-state index in [2.05, 4.69) is 19.5 Å². The van der Waals surface area contributed by atoms with Crippen LogP contribution < -0.4 is 10.1 Å². The predicted octanol–water partition coefficient (Wildman–Crippen LogP) is 0.717. The molecule has 0 amide bonds. The number of hydrogen-bond acceptors (Lipinski definition) is 9. The van der Waals surface area contributed by atoms with E-state index in [0.717, 1.165) is 27.4 Å². The van der Waals surface area contributed by atoms with Crippen molar-refractivity contribution >= 4 is 29.6 Å². The highest BCUT2D eigenvalue weighted by Gasteiger charge is 2.34. The van der Waals surface area contributed by atoms with Crippen molar-refractivity contribution in [3.05, 3.63) is 47.2 Å². The van der Waals surface area contributed by atoms with Gasteiger partial charge in [-0.2, -0.15) is 0 Å². The van der Waals surface area contributed by atoms with Gasteiger partial charge in [0.05, 0.1) is 32.6 Å². The van der Waals surface area contributed by atoms with Crippen molar-refractivity contribution in [1.82, 2.24) is 0 Å². The molecule has 0 aromatic heterocycles. The lowest BCUT2D eigenvalue weighted by molar-refractivity contribution is -0.140. The van der Waals surface area contributed by atoms with Gasteiger partial charge in [0.25, 0.3) is 0 Å². The average molecular weight is 361 g/mol. The maximum atomic E-state index is 12.3. The molecular formula is C17H15NO8. The smallest absolute Gasteiger partial charge is 0.361 e. The normalized spacial score (nSPS) is 15.0. The number of benzene rings is 1. The van der Waals surface area contributed by atoms with Crippen molar-refractivity contribution in [3.8, 4) is 5.75 Å². The van der Waals surface area contributed by atoms with E-state index in [0.29, 0.717) is 5.69 Å². The molecule has 9 heteroatoms. The number of nitrogens with one attached hydrogen (secondary N) is 1. The van der Waals surface area contributed by atoms with E-state index in [1.165, 1.54) is 0 Å². The summed E-state index contributed by atoms with van der Waals surface area (Å²) in [5, 5.41) is 2.72. The van der Waals surface area contributed by atoms with Crippen LogP contribution >= 0.6 is 0 Å². The molecule has 0 aliphatic carbocycles. The standard InChI is InChI=1S/C17H15NO8/c1-23-12(19)8-9(15(20)24-2)13(16(21)25-3)14-17(22)26-11-7-5-4-6-10(11)18-14/h4-8,18H,1-3H3. The summed E-state index contributed by atoms with van der Waals surface area (Å²) in [6.07, 6.45) is 0.723. The zero-order chi connectivity index (χ0) is 19.3. The molecule has 136 valence electrons. The fraction of sp³-hybridized carbons (Fsp3) is 0.176. The Labute approximate surface area is 148 Å². The fourth-order valence-corrected chi connectivity index (χ4v) is 2.13. The minimum Gasteiger partial charge on any atom is -0.466 e. The molecule has 0 radical (unpaired) electrons. The summed E-state index contributed by atoms with van der Waals surface area (Å²) >= 11 is 0. The summed E-state index contributed by atoms with van der Waals surface area (Å²) in [6.45, 7) is 0. The molecule has 0 saturated heterocycles. The molecule has 0 unspecified atom stereocenters. The van der Waals surface area contributed by atoms with Gasteiger partial charge in [-0.1, -0.05) is 12.1 Å². The van der Waals surface area contributed by atoms with Crippen LogP contribution in [0.4, 0.5) is 5.69 Å². The highest BCUT2D eigenvalue weighted by Crippen LogP contribution is 2.32. The highest BCUT2D eigenvalue weighted by molar-refractivity contribution is 6.15. The van der Waals surface area contributed by atoms with Gasteiger partial charge in [0, 0.05) is 6.08 Å². The Hall–Kier alpha value is -3.62. The van der Waals surface area contributed by atoms with Crippen molar-refractivity contribution in [3.63, 3.8) is 0 Å². The second kappa shape index (κ2) is 7.97. The molecule has 9 nitrogen and oxygen atoms in total. The largest absolute Gasteiger partial charge is 0.466 e. The summed E-state index contributed by atoms with van der Waals surface area (Å²) in [6, 6.07) is 6.46. The third-order valence-electron chi connectivity index (χ3n) is 3.33. The molecule has 1 heterocycles. The zero-order valence-corrected chi connectivity index (χ0v) is 14.2. The van der Waals surface area contributed by atoms with Gasteiger partial charge in [-0.25, -0.2) is 19.2 Å². The molecule has 0 saturated carbocycles. The molecule has 0 spiro atoms. The van der Waals surface area contributed by atoms with E-state index >= 15 is 0 Å². The van der Waals surface area contributed by atoms with E-state index in [-0.39, 0.29) is 11.4 Å². The van der Waals surface area contributed by atoms with Crippen LogP contribution in [0.5, 0.6) is 5.75 Å². The summed E-state index contributed by atoms with van der Waals surface area (Å²) < 4.78 is 18.9. The van der Waals surface area contributed by atoms with Crippen LogP contribution in [0.3, 0.4) is 0 Å². The maximum Gasteiger partial charge on any atom is 0.361 e. The van der Waals surface area contributed by atoms with Gasteiger partial charge in [-0.3, -0.25) is 0 Å². The van der Waals surface area contributed by atoms with Crippen molar-refractivity contribution in [2.45, 2.75) is 0 Å². The molecule has 1 N–H and O–H groups in total. The van der Waals surface area contributed by atoms with Crippen molar-refractivity contribution in [2.24, 2.45) is 0 Å². The minimum atomic E-state index is -1.05. The lowest BCUT2D eigenvalue weighted by atomic mass is 10.0. The summed E-state index contributed by atoms with van der Waals surface area (Å²) in [7, 11) is 3.19. The fourth-order valence-electron chi connectivity index (χ4n) is 2.13. The van der Waals surface area contributed by atoms with Crippen LogP contribution in [-0.4, -0.2) is 45.2 Å². The third-order valence-corrected chi connectivity index (χ3v) is 3.33. The Bertz CT molecular complexity index is 837. The van der Waals surface area contributed by atoms with Gasteiger partial charge < -0.3 is 24.3 Å². The maximum absolute atomic E-state index is 12.3. The highest BCUT2D eigenvalue weighted by atomic mass is 16.5. The van der Waals surface area contributed by atoms with Crippen LogP contribution in [0.25, 0.3) is 0 Å². The van der Waals surface area contributed by atoms with Crippen LogP contribution in [0.15, 0.2) is 47.2 Å². The van der Waals surface area contributed by atoms with Crippen LogP contribution in [-0.2, 0) is 33.4 Å². The number of anilines is 1. The van der Waals surface area contributed by atoms with E-state index in [4.69, 9.17) is 4.74 Å². The predicted molar refractivity (Wildman–Crippen MR) is 86.9 cm³/mol. The Kier molecular flexibility index (Phi) is 5.74. The molecular weight excluding hydrogens is 346 g/mol. The summed E-state index contributed by atoms with van der Waals surface area (Å²) in [4.78, 5) is 48.3. The molecule has 1 aliphatic rings. The average Bonchev–Trinajstić information content (AvgIpc) is 2.66. The first-order valence-electron chi connectivity index (χ1n) is 7.22. The summed E-state index contributed by atoms with van der Waals surface area (Å²) in [5.74, 6) is -3.73. The molecule has 1 aliphatic heterocycles. The Morgan fingerprint density at radius 2 is 1.65 bits per heavy atom. The number of carbonyl (C=O) groups excluding carboxylic acids is 4. The number of rotatable bonds is 4. The number of methoxy groups -OCH3 is 3. The van der Waals surface area contributed by atoms with Gasteiger partial charge in [0.2, 0.25) is 0 Å². The lowest BCUT2D eigenvalue weighted by Crippen LogP contribution is -2.29. The van der Waals surface area contributed by atoms with Crippen LogP contribution in [0.2, 0.25) is 0 Å². The number of carbonyl (C=O) groups is 4. The van der Waals surface area contributed by atoms with E-state index in [1.807, 2.05) is 0 Å². The first-order chi connectivity index (χ1) is 12.4. The quantitative estimate of drug-likeness (QED) is 0.358. The zero-order valence-electron chi connectivity index (χ0n) is 14.2. The van der Waals surface area contributed by atoms with Gasteiger partial charge in [0.15, 0.2) is 5.75 Å². The molecule has 0 bridgehead atoms. The number of fused-ring (bicyclic) bond motifs is 1. The van der Waals surface area contributed by atoms with E-state index in [1.54, 1.807) is 24.3 Å². The Balaban J connectivity index is 2.69. The number of esters is 4. The van der Waals surface area contributed by atoms with E-state index in [9.17, 15) is 19.2 Å². The van der Waals surface area contributed by atoms with Crippen molar-refractivity contribution in [1.29, 1.82) is 0 Å². The molecule has 2 rings (SSSR count). The number of para-hydroxylation sites is 2.